The highest BCUT2D eigenvalue weighted by molar-refractivity contribution is 5.78. The Morgan fingerprint density at radius 1 is 1.44 bits per heavy atom. The predicted molar refractivity (Wildman–Crippen MR) is 71.8 cm³/mol. The molecule has 0 bridgehead atoms. The van der Waals surface area contributed by atoms with Crippen LogP contribution in [0.3, 0.4) is 0 Å². The number of hydrogen-bond acceptors (Lipinski definition) is 3. The van der Waals surface area contributed by atoms with Crippen LogP contribution in [0.25, 0.3) is 0 Å². The van der Waals surface area contributed by atoms with Crippen molar-refractivity contribution in [3.8, 4) is 0 Å². The first-order valence-corrected chi connectivity index (χ1v) is 7.18. The van der Waals surface area contributed by atoms with Gasteiger partial charge >= 0.3 is 5.97 Å². The van der Waals surface area contributed by atoms with E-state index in [1.807, 2.05) is 0 Å². The van der Waals surface area contributed by atoms with E-state index in [9.17, 15) is 9.90 Å². The van der Waals surface area contributed by atoms with Crippen molar-refractivity contribution >= 4 is 5.97 Å². The maximum atomic E-state index is 11.4. The minimum atomic E-state index is -0.806. The molecule has 0 amide bonds. The molecule has 1 heterocycles. The van der Waals surface area contributed by atoms with Crippen molar-refractivity contribution < 1.29 is 14.6 Å². The molecule has 106 valence electrons. The van der Waals surface area contributed by atoms with Crippen LogP contribution in [-0.2, 0) is 9.53 Å². The van der Waals surface area contributed by atoms with Gasteiger partial charge in [0.2, 0.25) is 0 Å². The summed E-state index contributed by atoms with van der Waals surface area (Å²) in [6, 6.07) is 0. The van der Waals surface area contributed by atoms with Gasteiger partial charge in [0, 0.05) is 13.2 Å². The zero-order valence-corrected chi connectivity index (χ0v) is 11.7. The highest BCUT2D eigenvalue weighted by Gasteiger charge is 2.33. The smallest absolute Gasteiger partial charge is 0.323 e. The highest BCUT2D eigenvalue weighted by atomic mass is 16.5. The average Bonchev–Trinajstić information content (AvgIpc) is 2.85. The van der Waals surface area contributed by atoms with E-state index in [-0.39, 0.29) is 6.10 Å². The van der Waals surface area contributed by atoms with E-state index in [2.05, 4.69) is 12.2 Å². The lowest BCUT2D eigenvalue weighted by Gasteiger charge is -2.27. The normalized spacial score (nSPS) is 22.9. The molecule has 0 aliphatic carbocycles. The van der Waals surface area contributed by atoms with Gasteiger partial charge in [0.25, 0.3) is 0 Å². The minimum Gasteiger partial charge on any atom is -0.480 e. The largest absolute Gasteiger partial charge is 0.480 e. The molecule has 1 aliphatic heterocycles. The number of carboxylic acids is 1. The molecule has 1 rings (SSSR count). The van der Waals surface area contributed by atoms with Gasteiger partial charge in [0.1, 0.15) is 5.54 Å². The van der Waals surface area contributed by atoms with Gasteiger partial charge in [0.05, 0.1) is 6.10 Å². The second-order valence-electron chi connectivity index (χ2n) is 5.46. The molecule has 0 aromatic carbocycles. The van der Waals surface area contributed by atoms with Gasteiger partial charge in [-0.3, -0.25) is 10.1 Å². The van der Waals surface area contributed by atoms with Gasteiger partial charge in [-0.1, -0.05) is 32.6 Å². The first-order valence-electron chi connectivity index (χ1n) is 7.18. The van der Waals surface area contributed by atoms with Gasteiger partial charge in [0.15, 0.2) is 0 Å². The maximum Gasteiger partial charge on any atom is 0.323 e. The standard InChI is InChI=1S/C14H27NO3/c1-3-4-5-6-9-14(2,13(16)17)15-11-12-8-7-10-18-12/h12,15H,3-11H2,1-2H3,(H,16,17). The number of unbranched alkanes of at least 4 members (excludes halogenated alkanes) is 3. The lowest BCUT2D eigenvalue weighted by Crippen LogP contribution is -2.51. The molecule has 4 heteroatoms. The predicted octanol–water partition coefficient (Wildman–Crippen LogP) is 2.57. The van der Waals surface area contributed by atoms with Crippen molar-refractivity contribution in [2.24, 2.45) is 0 Å². The molecule has 0 saturated carbocycles. The molecule has 1 saturated heterocycles. The summed E-state index contributed by atoms with van der Waals surface area (Å²) in [5, 5.41) is 12.5. The van der Waals surface area contributed by atoms with Crippen LogP contribution >= 0.6 is 0 Å². The van der Waals surface area contributed by atoms with E-state index in [0.717, 1.165) is 32.3 Å². The molecule has 2 unspecified atom stereocenters. The van der Waals surface area contributed by atoms with Crippen molar-refractivity contribution in [2.45, 2.75) is 70.4 Å². The van der Waals surface area contributed by atoms with E-state index in [1.165, 1.54) is 12.8 Å². The molecule has 0 radical (unpaired) electrons. The number of hydrogen-bond donors (Lipinski definition) is 2. The summed E-state index contributed by atoms with van der Waals surface area (Å²) in [7, 11) is 0. The number of carboxylic acid groups (broad SMARTS) is 1. The molecule has 2 N–H and O–H groups in total. The Bertz CT molecular complexity index is 251. The number of rotatable bonds is 9. The van der Waals surface area contributed by atoms with Crippen LogP contribution in [0.1, 0.15) is 58.8 Å². The Balaban J connectivity index is 2.33. The van der Waals surface area contributed by atoms with Crippen LogP contribution in [0.4, 0.5) is 0 Å². The Labute approximate surface area is 110 Å². The van der Waals surface area contributed by atoms with Crippen molar-refractivity contribution in [1.29, 1.82) is 0 Å². The van der Waals surface area contributed by atoms with E-state index in [0.29, 0.717) is 13.0 Å². The molecule has 18 heavy (non-hydrogen) atoms. The van der Waals surface area contributed by atoms with Gasteiger partial charge in [-0.2, -0.15) is 0 Å². The van der Waals surface area contributed by atoms with E-state index in [4.69, 9.17) is 4.74 Å². The molecule has 0 aromatic heterocycles. The Morgan fingerprint density at radius 2 is 2.22 bits per heavy atom. The third-order valence-electron chi connectivity index (χ3n) is 3.75. The van der Waals surface area contributed by atoms with E-state index < -0.39 is 11.5 Å². The first-order chi connectivity index (χ1) is 8.58. The molecule has 0 spiro atoms. The van der Waals surface area contributed by atoms with Crippen molar-refractivity contribution in [3.05, 3.63) is 0 Å². The monoisotopic (exact) mass is 257 g/mol. The van der Waals surface area contributed by atoms with Crippen molar-refractivity contribution in [1.82, 2.24) is 5.32 Å². The van der Waals surface area contributed by atoms with Crippen LogP contribution in [0.15, 0.2) is 0 Å². The van der Waals surface area contributed by atoms with Gasteiger partial charge < -0.3 is 9.84 Å². The summed E-state index contributed by atoms with van der Waals surface area (Å²) in [5.41, 5.74) is -0.806. The summed E-state index contributed by atoms with van der Waals surface area (Å²) in [4.78, 5) is 11.4. The van der Waals surface area contributed by atoms with E-state index >= 15 is 0 Å². The maximum absolute atomic E-state index is 11.4. The average molecular weight is 257 g/mol. The lowest BCUT2D eigenvalue weighted by molar-refractivity contribution is -0.144. The SMILES string of the molecule is CCCCCCC(C)(NCC1CCCO1)C(=O)O. The fourth-order valence-corrected chi connectivity index (χ4v) is 2.32. The minimum absolute atomic E-state index is 0.194. The van der Waals surface area contributed by atoms with Crippen LogP contribution in [0.2, 0.25) is 0 Å². The Morgan fingerprint density at radius 3 is 2.78 bits per heavy atom. The molecular formula is C14H27NO3. The first kappa shape index (κ1) is 15.4. The molecule has 4 nitrogen and oxygen atoms in total. The summed E-state index contributed by atoms with van der Waals surface area (Å²) in [5.74, 6) is -0.753. The van der Waals surface area contributed by atoms with Crippen LogP contribution in [0.5, 0.6) is 0 Å². The van der Waals surface area contributed by atoms with E-state index in [1.54, 1.807) is 6.92 Å². The molecule has 1 aliphatic rings. The summed E-state index contributed by atoms with van der Waals surface area (Å²) >= 11 is 0. The zero-order valence-electron chi connectivity index (χ0n) is 11.7. The fraction of sp³-hybridized carbons (Fsp3) is 0.929. The van der Waals surface area contributed by atoms with Crippen molar-refractivity contribution in [2.75, 3.05) is 13.2 Å². The fourth-order valence-electron chi connectivity index (χ4n) is 2.32. The highest BCUT2D eigenvalue weighted by Crippen LogP contribution is 2.18. The Kier molecular flexibility index (Phi) is 6.65. The van der Waals surface area contributed by atoms with Gasteiger partial charge in [-0.15, -0.1) is 0 Å². The Hall–Kier alpha value is -0.610. The molecule has 0 aromatic rings. The molecule has 1 fully saturated rings. The third-order valence-corrected chi connectivity index (χ3v) is 3.75. The number of nitrogens with one attached hydrogen (secondary N) is 1. The second-order valence-corrected chi connectivity index (χ2v) is 5.46. The van der Waals surface area contributed by atoms with Gasteiger partial charge in [-0.05, 0) is 26.2 Å². The summed E-state index contributed by atoms with van der Waals surface area (Å²) in [6.45, 7) is 5.41. The number of aliphatic carboxylic acids is 1. The number of carbonyl (C=O) groups is 1. The van der Waals surface area contributed by atoms with Crippen molar-refractivity contribution in [3.63, 3.8) is 0 Å². The summed E-state index contributed by atoms with van der Waals surface area (Å²) < 4.78 is 5.52. The van der Waals surface area contributed by atoms with Crippen LogP contribution < -0.4 is 5.32 Å². The lowest BCUT2D eigenvalue weighted by atomic mass is 9.93. The topological polar surface area (TPSA) is 58.6 Å². The zero-order chi connectivity index (χ0) is 13.4. The molecule has 2 atom stereocenters. The second kappa shape index (κ2) is 7.74. The molecular weight excluding hydrogens is 230 g/mol. The van der Waals surface area contributed by atoms with Crippen LogP contribution in [-0.4, -0.2) is 35.9 Å². The van der Waals surface area contributed by atoms with Gasteiger partial charge in [-0.25, -0.2) is 0 Å². The third kappa shape index (κ3) is 4.94. The van der Waals surface area contributed by atoms with Crippen LogP contribution in [0, 0.1) is 0 Å². The number of ether oxygens (including phenoxy) is 1. The summed E-state index contributed by atoms with van der Waals surface area (Å²) in [6.07, 6.45) is 7.45. The quantitative estimate of drug-likeness (QED) is 0.623.